The zero-order valence-electron chi connectivity index (χ0n) is 13.1. The zero-order valence-corrected chi connectivity index (χ0v) is 13.1. The summed E-state index contributed by atoms with van der Waals surface area (Å²) in [7, 11) is 0. The Morgan fingerprint density at radius 1 is 0.880 bits per heavy atom. The van der Waals surface area contributed by atoms with Gasteiger partial charge in [-0.2, -0.15) is 0 Å². The molecule has 0 saturated heterocycles. The van der Waals surface area contributed by atoms with E-state index in [2.05, 4.69) is 15.5 Å². The van der Waals surface area contributed by atoms with E-state index < -0.39 is 0 Å². The van der Waals surface area contributed by atoms with Gasteiger partial charge in [-0.05, 0) is 42.5 Å². The second kappa shape index (κ2) is 6.09. The van der Waals surface area contributed by atoms with Crippen LogP contribution in [0.4, 0.5) is 5.69 Å². The van der Waals surface area contributed by atoms with Gasteiger partial charge in [0.1, 0.15) is 22.5 Å². The molecule has 0 saturated carbocycles. The van der Waals surface area contributed by atoms with Crippen LogP contribution in [0.15, 0.2) is 72.8 Å². The smallest absolute Gasteiger partial charge is 0.255 e. The topological polar surface area (TPSA) is 80.0 Å². The van der Waals surface area contributed by atoms with Gasteiger partial charge in [-0.3, -0.25) is 4.79 Å². The number of hydrogen-bond donors (Lipinski definition) is 2. The Morgan fingerprint density at radius 3 is 2.40 bits per heavy atom. The first-order valence-electron chi connectivity index (χ1n) is 7.72. The number of phenols is 1. The molecule has 1 aromatic heterocycles. The summed E-state index contributed by atoms with van der Waals surface area (Å²) in [6.45, 7) is 0. The molecule has 6 heteroatoms. The minimum atomic E-state index is -0.187. The lowest BCUT2D eigenvalue weighted by molar-refractivity contribution is 0.102. The van der Waals surface area contributed by atoms with Crippen LogP contribution < -0.4 is 5.32 Å². The molecule has 122 valence electrons. The zero-order chi connectivity index (χ0) is 17.2. The van der Waals surface area contributed by atoms with E-state index in [9.17, 15) is 9.90 Å². The molecular formula is C19H14N4O2. The average Bonchev–Trinajstić information content (AvgIpc) is 3.06. The quantitative estimate of drug-likeness (QED) is 0.603. The van der Waals surface area contributed by atoms with Crippen LogP contribution in [0.25, 0.3) is 16.7 Å². The van der Waals surface area contributed by atoms with E-state index in [1.165, 1.54) is 4.80 Å². The predicted molar refractivity (Wildman–Crippen MR) is 94.9 cm³/mol. The van der Waals surface area contributed by atoms with Crippen molar-refractivity contribution in [3.8, 4) is 11.4 Å². The number of nitrogens with one attached hydrogen (secondary N) is 1. The summed E-state index contributed by atoms with van der Waals surface area (Å²) < 4.78 is 0. The monoisotopic (exact) mass is 330 g/mol. The number of amides is 1. The normalized spacial score (nSPS) is 10.7. The minimum absolute atomic E-state index is 0.0976. The van der Waals surface area contributed by atoms with E-state index >= 15 is 0 Å². The van der Waals surface area contributed by atoms with Crippen molar-refractivity contribution >= 4 is 22.6 Å². The van der Waals surface area contributed by atoms with E-state index in [1.54, 1.807) is 54.6 Å². The third kappa shape index (κ3) is 2.92. The Morgan fingerprint density at radius 2 is 1.60 bits per heavy atom. The Balaban J connectivity index is 1.65. The number of fused-ring (bicyclic) bond motifs is 1. The molecular weight excluding hydrogens is 316 g/mol. The fourth-order valence-electron chi connectivity index (χ4n) is 2.53. The lowest BCUT2D eigenvalue weighted by atomic mass is 10.2. The number of carbonyl (C=O) groups excluding carboxylic acids is 1. The number of carbonyl (C=O) groups is 1. The first kappa shape index (κ1) is 14.9. The SMILES string of the molecule is O=C(Nc1ccc2nn(-c3ccccc3O)nc2c1)c1ccccc1. The highest BCUT2D eigenvalue weighted by Crippen LogP contribution is 2.22. The number of rotatable bonds is 3. The maximum absolute atomic E-state index is 12.2. The third-order valence-electron chi connectivity index (χ3n) is 3.77. The summed E-state index contributed by atoms with van der Waals surface area (Å²) in [6.07, 6.45) is 0. The van der Waals surface area contributed by atoms with Crippen LogP contribution in [0.2, 0.25) is 0 Å². The standard InChI is InChI=1S/C19H14N4O2/c24-18-9-5-4-8-17(18)23-21-15-11-10-14(12-16(15)22-23)20-19(25)13-6-2-1-3-7-13/h1-12,24H,(H,20,25). The number of benzene rings is 3. The number of phenolic OH excluding ortho intramolecular Hbond substituents is 1. The molecule has 6 nitrogen and oxygen atoms in total. The van der Waals surface area contributed by atoms with Crippen LogP contribution in [-0.2, 0) is 0 Å². The van der Waals surface area contributed by atoms with Crippen molar-refractivity contribution in [3.05, 3.63) is 78.4 Å². The number of aromatic hydroxyl groups is 1. The van der Waals surface area contributed by atoms with Gasteiger partial charge in [0, 0.05) is 11.3 Å². The number of nitrogens with zero attached hydrogens (tertiary/aromatic N) is 3. The average molecular weight is 330 g/mol. The molecule has 0 fully saturated rings. The van der Waals surface area contributed by atoms with Gasteiger partial charge in [0.2, 0.25) is 0 Å². The summed E-state index contributed by atoms with van der Waals surface area (Å²) in [5, 5.41) is 21.5. The van der Waals surface area contributed by atoms with Crippen molar-refractivity contribution in [2.75, 3.05) is 5.32 Å². The molecule has 4 aromatic rings. The predicted octanol–water partition coefficient (Wildman–Crippen LogP) is 3.38. The molecule has 3 aromatic carbocycles. The second-order valence-corrected chi connectivity index (χ2v) is 5.50. The van der Waals surface area contributed by atoms with Crippen LogP contribution in [0.1, 0.15) is 10.4 Å². The number of hydrogen-bond acceptors (Lipinski definition) is 4. The van der Waals surface area contributed by atoms with Crippen LogP contribution in [0.3, 0.4) is 0 Å². The number of aromatic nitrogens is 3. The van der Waals surface area contributed by atoms with Gasteiger partial charge >= 0.3 is 0 Å². The van der Waals surface area contributed by atoms with Crippen LogP contribution in [0.5, 0.6) is 5.75 Å². The number of anilines is 1. The molecule has 0 aliphatic rings. The molecule has 2 N–H and O–H groups in total. The van der Waals surface area contributed by atoms with Crippen molar-refractivity contribution in [3.63, 3.8) is 0 Å². The fourth-order valence-corrected chi connectivity index (χ4v) is 2.53. The molecule has 1 heterocycles. The largest absolute Gasteiger partial charge is 0.506 e. The summed E-state index contributed by atoms with van der Waals surface area (Å²) >= 11 is 0. The minimum Gasteiger partial charge on any atom is -0.506 e. The van der Waals surface area contributed by atoms with Crippen molar-refractivity contribution in [2.24, 2.45) is 0 Å². The molecule has 0 spiro atoms. The molecule has 25 heavy (non-hydrogen) atoms. The van der Waals surface area contributed by atoms with Gasteiger partial charge in [-0.1, -0.05) is 30.3 Å². The Hall–Kier alpha value is -3.67. The molecule has 4 rings (SSSR count). The first-order valence-corrected chi connectivity index (χ1v) is 7.72. The van der Waals surface area contributed by atoms with Gasteiger partial charge in [0.05, 0.1) is 0 Å². The highest BCUT2D eigenvalue weighted by atomic mass is 16.3. The summed E-state index contributed by atoms with van der Waals surface area (Å²) in [4.78, 5) is 13.6. The van der Waals surface area contributed by atoms with E-state index in [-0.39, 0.29) is 11.7 Å². The highest BCUT2D eigenvalue weighted by molar-refractivity contribution is 6.04. The fraction of sp³-hybridized carbons (Fsp3) is 0. The molecule has 1 amide bonds. The number of para-hydroxylation sites is 2. The molecule has 0 radical (unpaired) electrons. The van der Waals surface area contributed by atoms with E-state index in [0.29, 0.717) is 28.0 Å². The lowest BCUT2D eigenvalue weighted by Gasteiger charge is -2.04. The Labute approximate surface area is 143 Å². The van der Waals surface area contributed by atoms with Crippen LogP contribution >= 0.6 is 0 Å². The Bertz CT molecular complexity index is 1060. The van der Waals surface area contributed by atoms with Gasteiger partial charge in [-0.15, -0.1) is 15.0 Å². The molecule has 0 atom stereocenters. The van der Waals surface area contributed by atoms with E-state index in [1.807, 2.05) is 18.2 Å². The van der Waals surface area contributed by atoms with Crippen molar-refractivity contribution in [1.82, 2.24) is 15.0 Å². The highest BCUT2D eigenvalue weighted by Gasteiger charge is 2.10. The van der Waals surface area contributed by atoms with Gasteiger partial charge in [-0.25, -0.2) is 0 Å². The Kier molecular flexibility index (Phi) is 3.63. The van der Waals surface area contributed by atoms with Crippen molar-refractivity contribution < 1.29 is 9.90 Å². The maximum Gasteiger partial charge on any atom is 0.255 e. The maximum atomic E-state index is 12.2. The van der Waals surface area contributed by atoms with E-state index in [4.69, 9.17) is 0 Å². The lowest BCUT2D eigenvalue weighted by Crippen LogP contribution is -2.11. The molecule has 0 unspecified atom stereocenters. The van der Waals surface area contributed by atoms with Crippen LogP contribution in [-0.4, -0.2) is 26.0 Å². The second-order valence-electron chi connectivity index (χ2n) is 5.50. The van der Waals surface area contributed by atoms with Gasteiger partial charge < -0.3 is 10.4 Å². The third-order valence-corrected chi connectivity index (χ3v) is 3.77. The van der Waals surface area contributed by atoms with Crippen LogP contribution in [0, 0.1) is 0 Å². The molecule has 0 bridgehead atoms. The van der Waals surface area contributed by atoms with Gasteiger partial charge in [0.15, 0.2) is 0 Å². The summed E-state index contributed by atoms with van der Waals surface area (Å²) in [5.41, 5.74) is 3.00. The molecule has 0 aliphatic carbocycles. The van der Waals surface area contributed by atoms with Crippen molar-refractivity contribution in [1.29, 1.82) is 0 Å². The van der Waals surface area contributed by atoms with Crippen molar-refractivity contribution in [2.45, 2.75) is 0 Å². The summed E-state index contributed by atoms with van der Waals surface area (Å²) in [5.74, 6) is -0.0894. The summed E-state index contributed by atoms with van der Waals surface area (Å²) in [6, 6.07) is 21.1. The first-order chi connectivity index (χ1) is 12.2. The van der Waals surface area contributed by atoms with E-state index in [0.717, 1.165) is 0 Å². The van der Waals surface area contributed by atoms with Gasteiger partial charge in [0.25, 0.3) is 5.91 Å². The molecule has 0 aliphatic heterocycles.